The standard InChI is InChI=1S/C20H27N3O4/c1-12-7-8-15(16(9-12)22-14(3)24)17-10-18(25)23(13(2)21-17)11-19(26)27-20(4,5)6/h7-10,18,25H,11H2,1-6H3,(H,22,24). The smallest absolute Gasteiger partial charge is 0.326 e. The molecule has 2 rings (SSSR count). The number of anilines is 1. The maximum atomic E-state index is 12.1. The van der Waals surface area contributed by atoms with Crippen molar-refractivity contribution in [3.63, 3.8) is 0 Å². The lowest BCUT2D eigenvalue weighted by Crippen LogP contribution is -2.44. The molecule has 146 valence electrons. The molecule has 1 aliphatic heterocycles. The molecule has 0 aliphatic carbocycles. The lowest BCUT2D eigenvalue weighted by atomic mass is 10.0. The number of aliphatic hydroxyl groups is 1. The van der Waals surface area contributed by atoms with Crippen LogP contribution in [0.2, 0.25) is 0 Å². The van der Waals surface area contributed by atoms with Gasteiger partial charge in [0.15, 0.2) is 0 Å². The van der Waals surface area contributed by atoms with Gasteiger partial charge in [0.05, 0.1) is 11.4 Å². The summed E-state index contributed by atoms with van der Waals surface area (Å²) in [7, 11) is 0. The van der Waals surface area contributed by atoms with Gasteiger partial charge in [-0.2, -0.15) is 0 Å². The van der Waals surface area contributed by atoms with Crippen LogP contribution in [-0.2, 0) is 14.3 Å². The minimum atomic E-state index is -1.03. The first-order valence-electron chi connectivity index (χ1n) is 8.78. The molecule has 1 aromatic carbocycles. The lowest BCUT2D eigenvalue weighted by molar-refractivity contribution is -0.156. The number of hydrogen-bond acceptors (Lipinski definition) is 6. The van der Waals surface area contributed by atoms with Crippen molar-refractivity contribution in [3.05, 3.63) is 35.4 Å². The molecular formula is C20H27N3O4. The summed E-state index contributed by atoms with van der Waals surface area (Å²) in [6.45, 7) is 10.3. The third kappa shape index (κ3) is 5.65. The topological polar surface area (TPSA) is 91.2 Å². The largest absolute Gasteiger partial charge is 0.459 e. The first-order valence-corrected chi connectivity index (χ1v) is 8.78. The van der Waals surface area contributed by atoms with E-state index in [9.17, 15) is 14.7 Å². The predicted octanol–water partition coefficient (Wildman–Crippen LogP) is 2.69. The van der Waals surface area contributed by atoms with Crippen LogP contribution in [0.25, 0.3) is 5.70 Å². The van der Waals surface area contributed by atoms with Gasteiger partial charge in [-0.25, -0.2) is 4.99 Å². The van der Waals surface area contributed by atoms with E-state index >= 15 is 0 Å². The molecule has 0 fully saturated rings. The van der Waals surface area contributed by atoms with E-state index in [-0.39, 0.29) is 12.5 Å². The number of aliphatic hydroxyl groups excluding tert-OH is 1. The van der Waals surface area contributed by atoms with Crippen molar-refractivity contribution >= 4 is 29.1 Å². The van der Waals surface area contributed by atoms with Crippen LogP contribution in [0, 0.1) is 6.92 Å². The van der Waals surface area contributed by atoms with Crippen LogP contribution < -0.4 is 5.32 Å². The highest BCUT2D eigenvalue weighted by Gasteiger charge is 2.27. The molecule has 0 spiro atoms. The van der Waals surface area contributed by atoms with Crippen molar-refractivity contribution in [2.75, 3.05) is 11.9 Å². The number of nitrogens with one attached hydrogen (secondary N) is 1. The molecule has 0 aromatic heterocycles. The van der Waals surface area contributed by atoms with Crippen molar-refractivity contribution < 1.29 is 19.4 Å². The number of nitrogens with zero attached hydrogens (tertiary/aromatic N) is 2. The van der Waals surface area contributed by atoms with Crippen LogP contribution in [0.3, 0.4) is 0 Å². The Morgan fingerprint density at radius 1 is 1.30 bits per heavy atom. The number of amidine groups is 1. The lowest BCUT2D eigenvalue weighted by Gasteiger charge is -2.32. The van der Waals surface area contributed by atoms with E-state index in [1.54, 1.807) is 33.8 Å². The Balaban J connectivity index is 2.26. The van der Waals surface area contributed by atoms with Crippen molar-refractivity contribution in [3.8, 4) is 0 Å². The summed E-state index contributed by atoms with van der Waals surface area (Å²) in [6, 6.07) is 5.60. The number of ether oxygens (including phenoxy) is 1. The van der Waals surface area contributed by atoms with Crippen LogP contribution in [0.4, 0.5) is 5.69 Å². The average Bonchev–Trinajstić information content (AvgIpc) is 2.48. The highest BCUT2D eigenvalue weighted by atomic mass is 16.6. The number of rotatable bonds is 4. The molecule has 1 heterocycles. The summed E-state index contributed by atoms with van der Waals surface area (Å²) in [4.78, 5) is 29.6. The van der Waals surface area contributed by atoms with Crippen molar-refractivity contribution in [2.24, 2.45) is 4.99 Å². The fourth-order valence-corrected chi connectivity index (χ4v) is 2.74. The molecule has 0 saturated carbocycles. The summed E-state index contributed by atoms with van der Waals surface area (Å²) in [6.07, 6.45) is 0.518. The fourth-order valence-electron chi connectivity index (χ4n) is 2.74. The molecule has 1 amide bonds. The molecule has 0 radical (unpaired) electrons. The second-order valence-corrected chi connectivity index (χ2v) is 7.57. The van der Waals surface area contributed by atoms with Crippen molar-refractivity contribution in [1.82, 2.24) is 4.90 Å². The average molecular weight is 373 g/mol. The molecule has 1 atom stereocenters. The van der Waals surface area contributed by atoms with Gasteiger partial charge >= 0.3 is 5.97 Å². The summed E-state index contributed by atoms with van der Waals surface area (Å²) in [5, 5.41) is 13.3. The van der Waals surface area contributed by atoms with Crippen molar-refractivity contribution in [1.29, 1.82) is 0 Å². The van der Waals surface area contributed by atoms with E-state index < -0.39 is 17.8 Å². The van der Waals surface area contributed by atoms with Gasteiger partial charge in [-0.05, 0) is 52.3 Å². The second-order valence-electron chi connectivity index (χ2n) is 7.57. The van der Waals surface area contributed by atoms with Crippen LogP contribution in [-0.4, -0.2) is 46.1 Å². The monoisotopic (exact) mass is 373 g/mol. The number of benzene rings is 1. The maximum Gasteiger partial charge on any atom is 0.326 e. The zero-order valence-corrected chi connectivity index (χ0v) is 16.7. The molecule has 7 nitrogen and oxygen atoms in total. The number of amides is 1. The first kappa shape index (κ1) is 20.6. The Kier molecular flexibility index (Phi) is 6.05. The van der Waals surface area contributed by atoms with Crippen LogP contribution in [0.15, 0.2) is 29.3 Å². The minimum absolute atomic E-state index is 0.107. The number of esters is 1. The van der Waals surface area contributed by atoms with Gasteiger partial charge in [0.2, 0.25) is 5.91 Å². The van der Waals surface area contributed by atoms with Gasteiger partial charge in [-0.15, -0.1) is 0 Å². The summed E-state index contributed by atoms with van der Waals surface area (Å²) in [5.41, 5.74) is 2.25. The third-order valence-corrected chi connectivity index (χ3v) is 3.81. The number of hydrogen-bond donors (Lipinski definition) is 2. The number of carbonyl (C=O) groups is 2. The second kappa shape index (κ2) is 7.92. The molecule has 7 heteroatoms. The quantitative estimate of drug-likeness (QED) is 0.792. The van der Waals surface area contributed by atoms with Crippen LogP contribution >= 0.6 is 0 Å². The van der Waals surface area contributed by atoms with E-state index in [4.69, 9.17) is 4.74 Å². The van der Waals surface area contributed by atoms with Gasteiger partial charge in [0, 0.05) is 12.5 Å². The van der Waals surface area contributed by atoms with Gasteiger partial charge in [0.1, 0.15) is 24.2 Å². The molecule has 1 unspecified atom stereocenters. The fraction of sp³-hybridized carbons (Fsp3) is 0.450. The zero-order chi connectivity index (χ0) is 20.4. The first-order chi connectivity index (χ1) is 12.5. The number of aryl methyl sites for hydroxylation is 1. The van der Waals surface area contributed by atoms with Gasteiger partial charge in [0.25, 0.3) is 0 Å². The number of carbonyl (C=O) groups excluding carboxylic acids is 2. The van der Waals surface area contributed by atoms with Crippen molar-refractivity contribution in [2.45, 2.75) is 53.4 Å². The minimum Gasteiger partial charge on any atom is -0.459 e. The van der Waals surface area contributed by atoms with Crippen LogP contribution in [0.5, 0.6) is 0 Å². The Bertz CT molecular complexity index is 806. The normalized spacial score (nSPS) is 17.1. The predicted molar refractivity (Wildman–Crippen MR) is 105 cm³/mol. The third-order valence-electron chi connectivity index (χ3n) is 3.81. The van der Waals surface area contributed by atoms with Gasteiger partial charge in [-0.3, -0.25) is 9.59 Å². The molecular weight excluding hydrogens is 346 g/mol. The Hall–Kier alpha value is -2.67. The summed E-state index contributed by atoms with van der Waals surface area (Å²) < 4.78 is 5.31. The Morgan fingerprint density at radius 2 is 1.96 bits per heavy atom. The molecule has 0 saturated heterocycles. The Morgan fingerprint density at radius 3 is 2.52 bits per heavy atom. The maximum absolute atomic E-state index is 12.1. The molecule has 1 aromatic rings. The van der Waals surface area contributed by atoms with E-state index in [1.807, 2.05) is 25.1 Å². The van der Waals surface area contributed by atoms with Gasteiger partial charge < -0.3 is 20.1 Å². The van der Waals surface area contributed by atoms with Crippen LogP contribution in [0.1, 0.15) is 45.7 Å². The number of aliphatic imine (C=N–C) groups is 1. The zero-order valence-electron chi connectivity index (χ0n) is 16.7. The highest BCUT2D eigenvalue weighted by molar-refractivity contribution is 5.96. The molecule has 1 aliphatic rings. The van der Waals surface area contributed by atoms with E-state index in [2.05, 4.69) is 10.3 Å². The summed E-state index contributed by atoms with van der Waals surface area (Å²) >= 11 is 0. The SMILES string of the molecule is CC(=O)Nc1cc(C)ccc1C1=CC(O)N(CC(=O)OC(C)(C)C)C(C)=N1. The Labute approximate surface area is 159 Å². The van der Waals surface area contributed by atoms with E-state index in [1.165, 1.54) is 11.8 Å². The van der Waals surface area contributed by atoms with E-state index in [0.717, 1.165) is 5.56 Å². The molecule has 0 bridgehead atoms. The van der Waals surface area contributed by atoms with Gasteiger partial charge in [-0.1, -0.05) is 12.1 Å². The molecule has 2 N–H and O–H groups in total. The van der Waals surface area contributed by atoms with E-state index in [0.29, 0.717) is 22.8 Å². The highest BCUT2D eigenvalue weighted by Crippen LogP contribution is 2.29. The summed E-state index contributed by atoms with van der Waals surface area (Å²) in [5.74, 6) is -0.145. The molecule has 27 heavy (non-hydrogen) atoms.